The molecule has 6 heteroatoms. The van der Waals surface area contributed by atoms with Crippen LogP contribution in [0.3, 0.4) is 0 Å². The maximum Gasteiger partial charge on any atom is 0.242 e. The van der Waals surface area contributed by atoms with Gasteiger partial charge >= 0.3 is 0 Å². The molecule has 1 N–H and O–H groups in total. The Morgan fingerprint density at radius 2 is 2.15 bits per heavy atom. The second kappa shape index (κ2) is 8.13. The molecular weight excluding hydrogens is 342 g/mol. The van der Waals surface area contributed by atoms with E-state index in [4.69, 9.17) is 4.74 Å². The number of aromatic nitrogens is 2. The fourth-order valence-corrected chi connectivity index (χ4v) is 3.51. The third-order valence-electron chi connectivity index (χ3n) is 5.32. The monoisotopic (exact) mass is 371 g/mol. The molecule has 1 atom stereocenters. The predicted octanol–water partition coefficient (Wildman–Crippen LogP) is 2.49. The van der Waals surface area contributed by atoms with Crippen LogP contribution in [-0.4, -0.2) is 50.8 Å². The summed E-state index contributed by atoms with van der Waals surface area (Å²) in [7, 11) is 0. The second-order valence-electron chi connectivity index (χ2n) is 7.50. The van der Waals surface area contributed by atoms with Gasteiger partial charge in [0, 0.05) is 25.4 Å². The van der Waals surface area contributed by atoms with Crippen molar-refractivity contribution in [1.82, 2.24) is 14.5 Å². The van der Waals surface area contributed by atoms with Gasteiger partial charge in [-0.25, -0.2) is 4.98 Å². The highest BCUT2D eigenvalue weighted by atomic mass is 16.5. The zero-order chi connectivity index (χ0) is 19.4. The Morgan fingerprint density at radius 3 is 2.89 bits per heavy atom. The van der Waals surface area contributed by atoms with Crippen LogP contribution < -0.4 is 4.74 Å². The van der Waals surface area contributed by atoms with Crippen molar-refractivity contribution in [3.8, 4) is 5.75 Å². The van der Waals surface area contributed by atoms with E-state index < -0.39 is 5.60 Å². The predicted molar refractivity (Wildman–Crippen MR) is 104 cm³/mol. The van der Waals surface area contributed by atoms with Gasteiger partial charge in [-0.2, -0.15) is 0 Å². The number of β-amino-alcohol motifs (C(OH)–C–C–N with tert-alkyl or cyclic N) is 1. The lowest BCUT2D eigenvalue weighted by Crippen LogP contribution is -2.53. The lowest BCUT2D eigenvalue weighted by Gasteiger charge is -2.39. The van der Waals surface area contributed by atoms with Crippen LogP contribution >= 0.6 is 0 Å². The number of rotatable bonds is 6. The average Bonchev–Trinajstić information content (AvgIpc) is 3.10. The van der Waals surface area contributed by atoms with Gasteiger partial charge in [-0.15, -0.1) is 0 Å². The second-order valence-corrected chi connectivity index (χ2v) is 7.50. The molecule has 2 heterocycles. The van der Waals surface area contributed by atoms with Crippen LogP contribution in [0.2, 0.25) is 0 Å². The quantitative estimate of drug-likeness (QED) is 0.847. The first-order valence-electron chi connectivity index (χ1n) is 9.60. The van der Waals surface area contributed by atoms with Crippen LogP contribution in [0.15, 0.2) is 30.6 Å². The lowest BCUT2D eigenvalue weighted by atomic mass is 9.93. The first-order valence-corrected chi connectivity index (χ1v) is 9.60. The molecule has 0 bridgehead atoms. The Kier molecular flexibility index (Phi) is 5.85. The van der Waals surface area contributed by atoms with Crippen LogP contribution in [0.5, 0.6) is 5.75 Å². The highest BCUT2D eigenvalue weighted by Crippen LogP contribution is 2.24. The van der Waals surface area contributed by atoms with E-state index in [2.05, 4.69) is 11.9 Å². The van der Waals surface area contributed by atoms with Crippen molar-refractivity contribution in [3.05, 3.63) is 47.5 Å². The number of aliphatic hydroxyl groups is 1. The molecule has 1 aromatic carbocycles. The van der Waals surface area contributed by atoms with Gasteiger partial charge in [0.15, 0.2) is 0 Å². The minimum absolute atomic E-state index is 0.00649. The first-order chi connectivity index (χ1) is 12.9. The summed E-state index contributed by atoms with van der Waals surface area (Å²) in [5.74, 6) is 1.65. The maximum atomic E-state index is 12.7. The van der Waals surface area contributed by atoms with Crippen LogP contribution in [-0.2, 0) is 17.8 Å². The summed E-state index contributed by atoms with van der Waals surface area (Å²) < 4.78 is 7.73. The summed E-state index contributed by atoms with van der Waals surface area (Å²) in [5.41, 5.74) is 1.35. The first kappa shape index (κ1) is 19.4. The van der Waals surface area contributed by atoms with E-state index in [1.165, 1.54) is 5.56 Å². The van der Waals surface area contributed by atoms with Crippen molar-refractivity contribution >= 4 is 5.91 Å². The van der Waals surface area contributed by atoms with Gasteiger partial charge in [0.1, 0.15) is 30.3 Å². The summed E-state index contributed by atoms with van der Waals surface area (Å²) in [5, 5.41) is 11.0. The number of piperidine rings is 1. The van der Waals surface area contributed by atoms with E-state index in [1.54, 1.807) is 11.1 Å². The normalized spacial score (nSPS) is 19.9. The number of carbonyl (C=O) groups is 1. The molecule has 1 saturated heterocycles. The van der Waals surface area contributed by atoms with Crippen LogP contribution in [0.25, 0.3) is 0 Å². The van der Waals surface area contributed by atoms with E-state index in [-0.39, 0.29) is 19.1 Å². The van der Waals surface area contributed by atoms with E-state index >= 15 is 0 Å². The number of carbonyl (C=O) groups excluding carboxylic acids is 1. The van der Waals surface area contributed by atoms with Gasteiger partial charge < -0.3 is 19.3 Å². The fourth-order valence-electron chi connectivity index (χ4n) is 3.51. The molecule has 2 aromatic rings. The number of ether oxygens (including phenoxy) is 1. The van der Waals surface area contributed by atoms with Crippen molar-refractivity contribution in [1.29, 1.82) is 0 Å². The van der Waals surface area contributed by atoms with Gasteiger partial charge in [0.25, 0.3) is 0 Å². The topological polar surface area (TPSA) is 67.6 Å². The van der Waals surface area contributed by atoms with Gasteiger partial charge in [-0.05, 0) is 49.9 Å². The van der Waals surface area contributed by atoms with Gasteiger partial charge in [-0.3, -0.25) is 4.79 Å². The number of aryl methyl sites for hydroxylation is 3. The van der Waals surface area contributed by atoms with E-state index in [9.17, 15) is 9.90 Å². The molecule has 1 aliphatic rings. The van der Waals surface area contributed by atoms with E-state index in [0.717, 1.165) is 30.0 Å². The summed E-state index contributed by atoms with van der Waals surface area (Å²) >= 11 is 0. The molecule has 27 heavy (non-hydrogen) atoms. The molecule has 1 unspecified atom stereocenters. The van der Waals surface area contributed by atoms with Crippen molar-refractivity contribution in [2.45, 2.75) is 52.2 Å². The SMILES string of the molecule is CCc1nccn1CC(=O)N1CCCC(O)(COc2ccc(C)c(C)c2)C1. The van der Waals surface area contributed by atoms with Gasteiger partial charge in [0.05, 0.1) is 6.54 Å². The number of amides is 1. The number of likely N-dealkylation sites (tertiary alicyclic amines) is 1. The smallest absolute Gasteiger partial charge is 0.242 e. The third-order valence-corrected chi connectivity index (χ3v) is 5.32. The largest absolute Gasteiger partial charge is 0.491 e. The molecule has 1 fully saturated rings. The molecule has 146 valence electrons. The molecule has 0 aliphatic carbocycles. The fraction of sp³-hybridized carbons (Fsp3) is 0.524. The number of imidazole rings is 1. The van der Waals surface area contributed by atoms with Crippen LogP contribution in [0.4, 0.5) is 0 Å². The molecule has 1 aromatic heterocycles. The van der Waals surface area contributed by atoms with Gasteiger partial charge in [-0.1, -0.05) is 13.0 Å². The molecule has 1 aliphatic heterocycles. The highest BCUT2D eigenvalue weighted by Gasteiger charge is 2.36. The maximum absolute atomic E-state index is 12.7. The molecule has 0 radical (unpaired) electrons. The van der Waals surface area contributed by atoms with Crippen molar-refractivity contribution in [2.75, 3.05) is 19.7 Å². The summed E-state index contributed by atoms with van der Waals surface area (Å²) in [4.78, 5) is 18.7. The Hall–Kier alpha value is -2.34. The van der Waals surface area contributed by atoms with Gasteiger partial charge in [0.2, 0.25) is 5.91 Å². The zero-order valence-corrected chi connectivity index (χ0v) is 16.4. The minimum atomic E-state index is -1.02. The van der Waals surface area contributed by atoms with Crippen LogP contribution in [0.1, 0.15) is 36.7 Å². The standard InChI is InChI=1S/C21H29N3O3/c1-4-19-22-9-11-23(19)13-20(25)24-10-5-8-21(26,14-24)15-27-18-7-6-16(2)17(3)12-18/h6-7,9,11-12,26H,4-5,8,10,13-15H2,1-3H3. The van der Waals surface area contributed by atoms with E-state index in [0.29, 0.717) is 19.5 Å². The Labute approximate surface area is 160 Å². The minimum Gasteiger partial charge on any atom is -0.491 e. The van der Waals surface area contributed by atoms with Crippen molar-refractivity contribution in [2.24, 2.45) is 0 Å². The molecule has 6 nitrogen and oxygen atoms in total. The number of nitrogens with zero attached hydrogens (tertiary/aromatic N) is 3. The lowest BCUT2D eigenvalue weighted by molar-refractivity contribution is -0.140. The molecule has 3 rings (SSSR count). The summed E-state index contributed by atoms with van der Waals surface area (Å²) in [6, 6.07) is 5.92. The summed E-state index contributed by atoms with van der Waals surface area (Å²) in [6.45, 7) is 7.53. The Bertz CT molecular complexity index is 802. The number of benzene rings is 1. The zero-order valence-electron chi connectivity index (χ0n) is 16.4. The Morgan fingerprint density at radius 1 is 1.33 bits per heavy atom. The third kappa shape index (κ3) is 4.69. The molecular formula is C21H29N3O3. The Balaban J connectivity index is 1.60. The number of hydrogen-bond acceptors (Lipinski definition) is 4. The molecule has 0 saturated carbocycles. The summed E-state index contributed by atoms with van der Waals surface area (Å²) in [6.07, 6.45) is 5.73. The average molecular weight is 371 g/mol. The highest BCUT2D eigenvalue weighted by molar-refractivity contribution is 5.76. The van der Waals surface area contributed by atoms with Crippen LogP contribution in [0, 0.1) is 13.8 Å². The van der Waals surface area contributed by atoms with E-state index in [1.807, 2.05) is 42.8 Å². The number of hydrogen-bond donors (Lipinski definition) is 1. The van der Waals surface area contributed by atoms with Crippen molar-refractivity contribution < 1.29 is 14.6 Å². The van der Waals surface area contributed by atoms with Crippen molar-refractivity contribution in [3.63, 3.8) is 0 Å². The molecule has 1 amide bonds. The molecule has 0 spiro atoms.